The van der Waals surface area contributed by atoms with Crippen LogP contribution in [-0.4, -0.2) is 8.42 Å². The Morgan fingerprint density at radius 1 is 1.29 bits per heavy atom. The van der Waals surface area contributed by atoms with E-state index < -0.39 is 15.8 Å². The summed E-state index contributed by atoms with van der Waals surface area (Å²) in [5, 5.41) is 1.67. The molecule has 0 radical (unpaired) electrons. The maximum absolute atomic E-state index is 13.3. The average molecular weight is 271 g/mol. The van der Waals surface area contributed by atoms with Gasteiger partial charge in [0.15, 0.2) is 0 Å². The minimum atomic E-state index is -3.60. The van der Waals surface area contributed by atoms with E-state index in [-0.39, 0.29) is 9.90 Å². The van der Waals surface area contributed by atoms with Crippen LogP contribution in [0.3, 0.4) is 0 Å². The van der Waals surface area contributed by atoms with Gasteiger partial charge in [-0.2, -0.15) is 0 Å². The van der Waals surface area contributed by atoms with Gasteiger partial charge in [-0.05, 0) is 36.1 Å². The molecule has 17 heavy (non-hydrogen) atoms. The highest BCUT2D eigenvalue weighted by Gasteiger charge is 2.15. The molecule has 0 fully saturated rings. The predicted octanol–water partition coefficient (Wildman–Crippen LogP) is 3.00. The van der Waals surface area contributed by atoms with Crippen molar-refractivity contribution in [3.05, 3.63) is 47.1 Å². The van der Waals surface area contributed by atoms with Gasteiger partial charge in [0, 0.05) is 0 Å². The largest absolute Gasteiger partial charge is 0.279 e. The van der Waals surface area contributed by atoms with Crippen molar-refractivity contribution < 1.29 is 12.8 Å². The summed E-state index contributed by atoms with van der Waals surface area (Å²) in [6, 6.07) is 7.37. The number of aryl methyl sites for hydroxylation is 1. The first-order chi connectivity index (χ1) is 7.99. The summed E-state index contributed by atoms with van der Waals surface area (Å²) in [7, 11) is -3.60. The number of nitrogens with one attached hydrogen (secondary N) is 1. The first kappa shape index (κ1) is 12.1. The topological polar surface area (TPSA) is 46.2 Å². The Hall–Kier alpha value is -1.40. The molecule has 1 heterocycles. The molecule has 0 aliphatic carbocycles. The molecule has 2 aromatic rings. The minimum absolute atomic E-state index is 0.207. The molecule has 0 aliphatic heterocycles. The summed E-state index contributed by atoms with van der Waals surface area (Å²) in [5.74, 6) is -0.434. The monoisotopic (exact) mass is 271 g/mol. The zero-order valence-electron chi connectivity index (χ0n) is 8.98. The third kappa shape index (κ3) is 2.65. The van der Waals surface area contributed by atoms with Gasteiger partial charge in [0.05, 0.1) is 5.69 Å². The summed E-state index contributed by atoms with van der Waals surface area (Å²) >= 11 is 1.11. The van der Waals surface area contributed by atoms with Gasteiger partial charge in [-0.3, -0.25) is 4.72 Å². The maximum atomic E-state index is 13.3. The zero-order chi connectivity index (χ0) is 12.5. The molecule has 90 valence electrons. The number of sulfonamides is 1. The van der Waals surface area contributed by atoms with E-state index >= 15 is 0 Å². The van der Waals surface area contributed by atoms with Crippen LogP contribution < -0.4 is 4.72 Å². The smallest absolute Gasteiger partial charge is 0.271 e. The molecular weight excluding hydrogens is 261 g/mol. The van der Waals surface area contributed by atoms with Gasteiger partial charge in [-0.1, -0.05) is 12.1 Å². The number of hydrogen-bond acceptors (Lipinski definition) is 3. The number of anilines is 1. The molecule has 1 aromatic heterocycles. The van der Waals surface area contributed by atoms with Crippen molar-refractivity contribution in [1.29, 1.82) is 0 Å². The quantitative estimate of drug-likeness (QED) is 0.932. The fraction of sp³-hybridized carbons (Fsp3) is 0.0909. The van der Waals surface area contributed by atoms with E-state index in [2.05, 4.69) is 4.72 Å². The maximum Gasteiger partial charge on any atom is 0.271 e. The Morgan fingerprint density at radius 3 is 2.65 bits per heavy atom. The second kappa shape index (κ2) is 4.46. The van der Waals surface area contributed by atoms with E-state index in [0.29, 0.717) is 5.56 Å². The molecule has 0 aliphatic rings. The van der Waals surface area contributed by atoms with Crippen LogP contribution >= 0.6 is 11.3 Å². The lowest BCUT2D eigenvalue weighted by atomic mass is 10.2. The predicted molar refractivity (Wildman–Crippen MR) is 66.3 cm³/mol. The standard InChI is InChI=1S/C11H10FNO2S2/c1-8-4-5-9(7-10(8)12)13-17(14,15)11-3-2-6-16-11/h2-7,13H,1H3. The number of hydrogen-bond donors (Lipinski definition) is 1. The van der Waals surface area contributed by atoms with Crippen molar-refractivity contribution in [2.45, 2.75) is 11.1 Å². The van der Waals surface area contributed by atoms with Crippen LogP contribution in [0.15, 0.2) is 39.9 Å². The summed E-state index contributed by atoms with van der Waals surface area (Å²) in [5.41, 5.74) is 0.700. The summed E-state index contributed by atoms with van der Waals surface area (Å²) in [6.07, 6.45) is 0. The Morgan fingerprint density at radius 2 is 2.06 bits per heavy atom. The van der Waals surface area contributed by atoms with Crippen LogP contribution in [0.25, 0.3) is 0 Å². The summed E-state index contributed by atoms with van der Waals surface area (Å²) in [6.45, 7) is 1.62. The van der Waals surface area contributed by atoms with Crippen molar-refractivity contribution in [2.75, 3.05) is 4.72 Å². The van der Waals surface area contributed by atoms with Crippen LogP contribution in [0.4, 0.5) is 10.1 Å². The van der Waals surface area contributed by atoms with Gasteiger partial charge in [-0.25, -0.2) is 12.8 Å². The van der Waals surface area contributed by atoms with E-state index in [4.69, 9.17) is 0 Å². The van der Waals surface area contributed by atoms with Crippen molar-refractivity contribution in [3.63, 3.8) is 0 Å². The lowest BCUT2D eigenvalue weighted by Crippen LogP contribution is -2.11. The van der Waals surface area contributed by atoms with Crippen LogP contribution in [0, 0.1) is 12.7 Å². The Kier molecular flexibility index (Phi) is 3.17. The van der Waals surface area contributed by atoms with E-state index in [0.717, 1.165) is 11.3 Å². The molecule has 0 saturated heterocycles. The first-order valence-electron chi connectivity index (χ1n) is 4.81. The number of benzene rings is 1. The fourth-order valence-electron chi connectivity index (χ4n) is 1.28. The molecule has 3 nitrogen and oxygen atoms in total. The minimum Gasteiger partial charge on any atom is -0.279 e. The van der Waals surface area contributed by atoms with Crippen molar-refractivity contribution in [1.82, 2.24) is 0 Å². The zero-order valence-corrected chi connectivity index (χ0v) is 10.6. The normalized spacial score (nSPS) is 11.4. The highest BCUT2D eigenvalue weighted by molar-refractivity contribution is 7.94. The van der Waals surface area contributed by atoms with Gasteiger partial charge in [0.25, 0.3) is 10.0 Å². The highest BCUT2D eigenvalue weighted by Crippen LogP contribution is 2.21. The van der Waals surface area contributed by atoms with E-state index in [1.165, 1.54) is 24.3 Å². The Labute approximate surface area is 103 Å². The highest BCUT2D eigenvalue weighted by atomic mass is 32.2. The lowest BCUT2D eigenvalue weighted by Gasteiger charge is -2.06. The molecule has 0 spiro atoms. The average Bonchev–Trinajstić information content (AvgIpc) is 2.77. The van der Waals surface area contributed by atoms with Crippen LogP contribution in [-0.2, 0) is 10.0 Å². The molecular formula is C11H10FNO2S2. The summed E-state index contributed by atoms with van der Waals surface area (Å²) in [4.78, 5) is 0. The van der Waals surface area contributed by atoms with Crippen molar-refractivity contribution in [2.24, 2.45) is 0 Å². The third-order valence-corrected chi connectivity index (χ3v) is 4.96. The second-order valence-corrected chi connectivity index (χ2v) is 6.36. The van der Waals surface area contributed by atoms with Crippen LogP contribution in [0.1, 0.15) is 5.56 Å². The SMILES string of the molecule is Cc1ccc(NS(=O)(=O)c2cccs2)cc1F. The van der Waals surface area contributed by atoms with Crippen molar-refractivity contribution >= 4 is 27.0 Å². The summed E-state index contributed by atoms with van der Waals surface area (Å²) < 4.78 is 39.5. The van der Waals surface area contributed by atoms with E-state index in [1.54, 1.807) is 18.4 Å². The molecule has 0 unspecified atom stereocenters. The Balaban J connectivity index is 2.30. The molecule has 1 N–H and O–H groups in total. The van der Waals surface area contributed by atoms with Gasteiger partial charge < -0.3 is 0 Å². The third-order valence-electron chi connectivity index (χ3n) is 2.18. The second-order valence-electron chi connectivity index (χ2n) is 3.50. The lowest BCUT2D eigenvalue weighted by molar-refractivity contribution is 0.603. The fourth-order valence-corrected chi connectivity index (χ4v) is 3.32. The first-order valence-corrected chi connectivity index (χ1v) is 7.18. The van der Waals surface area contributed by atoms with Crippen LogP contribution in [0.5, 0.6) is 0 Å². The number of rotatable bonds is 3. The molecule has 0 amide bonds. The van der Waals surface area contributed by atoms with E-state index in [9.17, 15) is 12.8 Å². The van der Waals surface area contributed by atoms with Crippen molar-refractivity contribution in [3.8, 4) is 0 Å². The molecule has 6 heteroatoms. The van der Waals surface area contributed by atoms with Gasteiger partial charge in [-0.15, -0.1) is 11.3 Å². The molecule has 0 atom stereocenters. The van der Waals surface area contributed by atoms with Crippen LogP contribution in [0.2, 0.25) is 0 Å². The van der Waals surface area contributed by atoms with Gasteiger partial charge >= 0.3 is 0 Å². The number of halogens is 1. The van der Waals surface area contributed by atoms with Gasteiger partial charge in [0.1, 0.15) is 10.0 Å². The Bertz CT molecular complexity index is 621. The molecule has 1 aromatic carbocycles. The molecule has 0 bridgehead atoms. The number of thiophene rings is 1. The van der Waals surface area contributed by atoms with E-state index in [1.807, 2.05) is 0 Å². The molecule has 0 saturated carbocycles. The van der Waals surface area contributed by atoms with Gasteiger partial charge in [0.2, 0.25) is 0 Å². The molecule has 2 rings (SSSR count).